The van der Waals surface area contributed by atoms with Gasteiger partial charge in [0.15, 0.2) is 11.5 Å². The maximum atomic E-state index is 11.7. The van der Waals surface area contributed by atoms with E-state index in [-0.39, 0.29) is 24.5 Å². The SMILES string of the molecule is COc1cc(/C=C/C(=O)Br)cc(OC)c1O[C@@H]1O[C@H](COCc2ccccc2)[C@H](OCc2ccccc2)[C@H](OCc2ccccc2)[C@H]1OCc1ccccc1. The molecular formula is C45H45BrO9. The van der Waals surface area contributed by atoms with E-state index in [0.29, 0.717) is 36.0 Å². The Hall–Kier alpha value is -4.81. The van der Waals surface area contributed by atoms with Crippen molar-refractivity contribution in [3.63, 3.8) is 0 Å². The lowest BCUT2D eigenvalue weighted by Crippen LogP contribution is -2.62. The third-order valence-corrected chi connectivity index (χ3v) is 9.23. The highest BCUT2D eigenvalue weighted by atomic mass is 79.9. The summed E-state index contributed by atoms with van der Waals surface area (Å²) >= 11 is 2.94. The van der Waals surface area contributed by atoms with E-state index in [1.165, 1.54) is 20.3 Å². The maximum Gasteiger partial charge on any atom is 0.229 e. The highest BCUT2D eigenvalue weighted by molar-refractivity contribution is 9.18. The molecule has 0 amide bonds. The van der Waals surface area contributed by atoms with Gasteiger partial charge in [-0.25, -0.2) is 0 Å². The van der Waals surface area contributed by atoms with Crippen LogP contribution in [0.5, 0.6) is 17.2 Å². The summed E-state index contributed by atoms with van der Waals surface area (Å²) in [4.78, 5) is 11.7. The van der Waals surface area contributed by atoms with Gasteiger partial charge in [0.05, 0.1) is 47.3 Å². The molecule has 1 aliphatic heterocycles. The number of ether oxygens (including phenoxy) is 8. The average molecular weight is 810 g/mol. The second-order valence-electron chi connectivity index (χ2n) is 12.8. The fourth-order valence-corrected chi connectivity index (χ4v) is 6.36. The van der Waals surface area contributed by atoms with Crippen LogP contribution in [0.2, 0.25) is 0 Å². The summed E-state index contributed by atoms with van der Waals surface area (Å²) in [6.45, 7) is 1.38. The lowest BCUT2D eigenvalue weighted by molar-refractivity contribution is -0.310. The second kappa shape index (κ2) is 20.8. The van der Waals surface area contributed by atoms with Crippen molar-refractivity contribution >= 4 is 26.7 Å². The molecule has 1 fully saturated rings. The Kier molecular flexibility index (Phi) is 15.0. The molecule has 55 heavy (non-hydrogen) atoms. The summed E-state index contributed by atoms with van der Waals surface area (Å²) in [5, 5.41) is 0. The zero-order chi connectivity index (χ0) is 38.2. The zero-order valence-corrected chi connectivity index (χ0v) is 32.4. The van der Waals surface area contributed by atoms with Gasteiger partial charge < -0.3 is 37.9 Å². The largest absolute Gasteiger partial charge is 0.493 e. The number of hydrogen-bond donors (Lipinski definition) is 0. The maximum absolute atomic E-state index is 11.7. The Morgan fingerprint density at radius 2 is 1.05 bits per heavy atom. The number of benzene rings is 5. The lowest BCUT2D eigenvalue weighted by atomic mass is 9.97. The van der Waals surface area contributed by atoms with Gasteiger partial charge in [-0.15, -0.1) is 0 Å². The number of methoxy groups -OCH3 is 2. The van der Waals surface area contributed by atoms with E-state index in [4.69, 9.17) is 37.9 Å². The zero-order valence-electron chi connectivity index (χ0n) is 30.8. The minimum Gasteiger partial charge on any atom is -0.493 e. The van der Waals surface area contributed by atoms with Crippen molar-refractivity contribution in [2.24, 2.45) is 0 Å². The molecule has 0 N–H and O–H groups in total. The van der Waals surface area contributed by atoms with Gasteiger partial charge in [-0.2, -0.15) is 0 Å². The molecule has 1 heterocycles. The van der Waals surface area contributed by atoms with Crippen molar-refractivity contribution in [3.8, 4) is 17.2 Å². The molecule has 1 aliphatic rings. The number of halogens is 1. The van der Waals surface area contributed by atoms with Crippen LogP contribution in [-0.2, 0) is 54.9 Å². The first kappa shape index (κ1) is 39.9. The molecule has 0 bridgehead atoms. The van der Waals surface area contributed by atoms with E-state index in [2.05, 4.69) is 15.9 Å². The first-order valence-corrected chi connectivity index (χ1v) is 18.8. The van der Waals surface area contributed by atoms with Crippen LogP contribution >= 0.6 is 15.9 Å². The Balaban J connectivity index is 1.39. The first-order valence-electron chi connectivity index (χ1n) is 18.0. The van der Waals surface area contributed by atoms with Crippen LogP contribution in [0.1, 0.15) is 27.8 Å². The predicted molar refractivity (Wildman–Crippen MR) is 213 cm³/mol. The highest BCUT2D eigenvalue weighted by Crippen LogP contribution is 2.42. The molecular weight excluding hydrogens is 764 g/mol. The van der Waals surface area contributed by atoms with E-state index in [1.54, 1.807) is 18.2 Å². The molecule has 1 saturated heterocycles. The molecule has 0 radical (unpaired) electrons. The van der Waals surface area contributed by atoms with Crippen LogP contribution in [0.4, 0.5) is 0 Å². The van der Waals surface area contributed by atoms with E-state index in [0.717, 1.165) is 22.3 Å². The molecule has 6 rings (SSSR count). The fourth-order valence-electron chi connectivity index (χ4n) is 6.23. The van der Waals surface area contributed by atoms with E-state index >= 15 is 0 Å². The average Bonchev–Trinajstić information content (AvgIpc) is 3.23. The van der Waals surface area contributed by atoms with Gasteiger partial charge in [-0.05, 0) is 62.0 Å². The standard InChI is InChI=1S/C45H45BrO9/c1-48-37-25-36(23-24-40(46)47)26-38(49-2)41(37)55-45-44(53-30-35-21-13-6-14-22-35)43(52-29-34-19-11-5-12-20-34)42(51-28-33-17-9-4-10-18-33)39(54-45)31-50-27-32-15-7-3-8-16-32/h3-26,39,42-45H,27-31H2,1-2H3/b24-23+/t39-,42+,43+,44-,45+/m1/s1. The minimum absolute atomic E-state index is 0.170. The number of rotatable bonds is 19. The van der Waals surface area contributed by atoms with Crippen molar-refractivity contribution in [2.75, 3.05) is 20.8 Å². The quantitative estimate of drug-likeness (QED) is 0.0601. The first-order chi connectivity index (χ1) is 27.0. The van der Waals surface area contributed by atoms with Crippen molar-refractivity contribution in [2.45, 2.75) is 57.1 Å². The van der Waals surface area contributed by atoms with Gasteiger partial charge in [-0.1, -0.05) is 127 Å². The summed E-state index contributed by atoms with van der Waals surface area (Å²) in [5.41, 5.74) is 4.64. The van der Waals surface area contributed by atoms with Gasteiger partial charge >= 0.3 is 0 Å². The van der Waals surface area contributed by atoms with E-state index < -0.39 is 30.7 Å². The number of allylic oxidation sites excluding steroid dienone is 1. The van der Waals surface area contributed by atoms with E-state index in [9.17, 15) is 4.79 Å². The van der Waals surface area contributed by atoms with Crippen LogP contribution in [0.3, 0.4) is 0 Å². The van der Waals surface area contributed by atoms with Gasteiger partial charge in [0.2, 0.25) is 16.7 Å². The molecule has 0 aliphatic carbocycles. The summed E-state index contributed by atoms with van der Waals surface area (Å²) in [6.07, 6.45) is -0.791. The van der Waals surface area contributed by atoms with Crippen LogP contribution in [0, 0.1) is 0 Å². The monoisotopic (exact) mass is 808 g/mol. The van der Waals surface area contributed by atoms with Gasteiger partial charge in [0.25, 0.3) is 0 Å². The third-order valence-electron chi connectivity index (χ3n) is 8.96. The number of hydrogen-bond acceptors (Lipinski definition) is 9. The summed E-state index contributed by atoms with van der Waals surface area (Å²) in [7, 11) is 3.07. The van der Waals surface area contributed by atoms with Crippen LogP contribution in [-0.4, -0.2) is 56.2 Å². The normalized spacial score (nSPS) is 19.6. The molecule has 0 saturated carbocycles. The molecule has 0 aromatic heterocycles. The van der Waals surface area contributed by atoms with Crippen molar-refractivity contribution in [3.05, 3.63) is 167 Å². The number of carbonyl (C=O) groups is 1. The van der Waals surface area contributed by atoms with Crippen molar-refractivity contribution < 1.29 is 42.7 Å². The lowest BCUT2D eigenvalue weighted by Gasteiger charge is -2.45. The Bertz CT molecular complexity index is 1900. The van der Waals surface area contributed by atoms with E-state index in [1.807, 2.05) is 121 Å². The predicted octanol–water partition coefficient (Wildman–Crippen LogP) is 8.72. The molecule has 0 unspecified atom stereocenters. The molecule has 9 nitrogen and oxygen atoms in total. The van der Waals surface area contributed by atoms with Crippen LogP contribution in [0.25, 0.3) is 6.08 Å². The second-order valence-corrected chi connectivity index (χ2v) is 13.6. The fraction of sp³-hybridized carbons (Fsp3) is 0.267. The minimum atomic E-state index is -1.04. The Labute approximate surface area is 330 Å². The van der Waals surface area contributed by atoms with Crippen LogP contribution in [0.15, 0.2) is 140 Å². The van der Waals surface area contributed by atoms with Gasteiger partial charge in [0.1, 0.15) is 24.4 Å². The third kappa shape index (κ3) is 11.6. The molecule has 286 valence electrons. The van der Waals surface area contributed by atoms with Gasteiger partial charge in [0, 0.05) is 0 Å². The molecule has 5 atom stereocenters. The highest BCUT2D eigenvalue weighted by Gasteiger charge is 2.50. The molecule has 5 aromatic carbocycles. The van der Waals surface area contributed by atoms with Gasteiger partial charge in [-0.3, -0.25) is 4.79 Å². The topological polar surface area (TPSA) is 90.9 Å². The Morgan fingerprint density at radius 1 is 0.618 bits per heavy atom. The summed E-state index contributed by atoms with van der Waals surface area (Å²) in [5.74, 6) is 1.03. The van der Waals surface area contributed by atoms with Crippen LogP contribution < -0.4 is 14.2 Å². The smallest absolute Gasteiger partial charge is 0.229 e. The summed E-state index contributed by atoms with van der Waals surface area (Å²) < 4.78 is 51.7. The Morgan fingerprint density at radius 3 is 1.51 bits per heavy atom. The van der Waals surface area contributed by atoms with Crippen molar-refractivity contribution in [1.82, 2.24) is 0 Å². The number of carbonyl (C=O) groups excluding carboxylic acids is 1. The molecule has 5 aromatic rings. The van der Waals surface area contributed by atoms with Crippen molar-refractivity contribution in [1.29, 1.82) is 0 Å². The molecule has 0 spiro atoms. The molecule has 10 heteroatoms. The summed E-state index contributed by atoms with van der Waals surface area (Å²) in [6, 6.07) is 43.3.